The Kier molecular flexibility index (Phi) is 6.86. The fraction of sp³-hybridized carbons (Fsp3) is 0.350. The molecule has 4 nitrogen and oxygen atoms in total. The van der Waals surface area contributed by atoms with Gasteiger partial charge in [-0.15, -0.1) is 0 Å². The average Bonchev–Trinajstić information content (AvgIpc) is 2.65. The molecule has 0 bridgehead atoms. The molecule has 2 aromatic rings. The van der Waals surface area contributed by atoms with Crippen LogP contribution in [0.5, 0.6) is 0 Å². The van der Waals surface area contributed by atoms with Crippen molar-refractivity contribution in [1.29, 1.82) is 0 Å². The van der Waals surface area contributed by atoms with Gasteiger partial charge >= 0.3 is 0 Å². The van der Waals surface area contributed by atoms with E-state index in [1.165, 1.54) is 5.56 Å². The third-order valence-corrected chi connectivity index (χ3v) is 5.28. The van der Waals surface area contributed by atoms with Crippen LogP contribution in [0.1, 0.15) is 11.1 Å². The van der Waals surface area contributed by atoms with Gasteiger partial charge in [0.1, 0.15) is 25.7 Å². The van der Waals surface area contributed by atoms with Crippen molar-refractivity contribution >= 4 is 34.6 Å². The van der Waals surface area contributed by atoms with Gasteiger partial charge in [0.25, 0.3) is 0 Å². The molecule has 1 unspecified atom stereocenters. The summed E-state index contributed by atoms with van der Waals surface area (Å²) in [5, 5.41) is 7.81. The van der Waals surface area contributed by atoms with Crippen LogP contribution in [0.2, 0.25) is 5.02 Å². The lowest BCUT2D eigenvalue weighted by atomic mass is 10.2. The Morgan fingerprint density at radius 2 is 2.04 bits per heavy atom. The van der Waals surface area contributed by atoms with Gasteiger partial charge in [0.05, 0.1) is 6.61 Å². The van der Waals surface area contributed by atoms with Crippen LogP contribution in [0.25, 0.3) is 0 Å². The molecule has 138 valence electrons. The lowest BCUT2D eigenvalue weighted by Crippen LogP contribution is -3.13. The number of thiocarbonyl (C=S) groups is 1. The van der Waals surface area contributed by atoms with E-state index in [2.05, 4.69) is 41.0 Å². The summed E-state index contributed by atoms with van der Waals surface area (Å²) in [5.41, 5.74) is 3.28. The number of rotatable bonds is 5. The zero-order valence-electron chi connectivity index (χ0n) is 14.9. The predicted molar refractivity (Wildman–Crippen MR) is 111 cm³/mol. The number of halogens is 1. The standard InChI is InChI=1S/C20H24ClN3OS/c1-15-18(21)8-5-9-19(15)23-20(26)22-12-17-14-24(10-11-25-17)13-16-6-3-2-4-7-16/h2-9,17H,10-14H2,1H3,(H2,22,23,26)/p+1/t17-/m1/s1. The average molecular weight is 391 g/mol. The van der Waals surface area contributed by atoms with Gasteiger partial charge in [-0.25, -0.2) is 0 Å². The third kappa shape index (κ3) is 5.42. The molecule has 1 heterocycles. The lowest BCUT2D eigenvalue weighted by molar-refractivity contribution is -0.925. The minimum Gasteiger partial charge on any atom is -0.365 e. The highest BCUT2D eigenvalue weighted by Crippen LogP contribution is 2.22. The maximum Gasteiger partial charge on any atom is 0.170 e. The topological polar surface area (TPSA) is 37.7 Å². The number of benzene rings is 2. The third-order valence-electron chi connectivity index (χ3n) is 4.63. The van der Waals surface area contributed by atoms with Crippen LogP contribution in [0.4, 0.5) is 5.69 Å². The van der Waals surface area contributed by atoms with E-state index in [0.29, 0.717) is 11.7 Å². The molecule has 0 amide bonds. The first kappa shape index (κ1) is 19.1. The summed E-state index contributed by atoms with van der Waals surface area (Å²) >= 11 is 11.6. The van der Waals surface area contributed by atoms with Crippen LogP contribution >= 0.6 is 23.8 Å². The molecule has 2 aromatic carbocycles. The van der Waals surface area contributed by atoms with Crippen molar-refractivity contribution in [3.8, 4) is 0 Å². The highest BCUT2D eigenvalue weighted by Gasteiger charge is 2.23. The van der Waals surface area contributed by atoms with E-state index >= 15 is 0 Å². The largest absolute Gasteiger partial charge is 0.365 e. The van der Waals surface area contributed by atoms with Crippen LogP contribution in [-0.4, -0.2) is 37.5 Å². The second-order valence-electron chi connectivity index (χ2n) is 6.61. The summed E-state index contributed by atoms with van der Waals surface area (Å²) in [6, 6.07) is 16.4. The fourth-order valence-electron chi connectivity index (χ4n) is 3.15. The monoisotopic (exact) mass is 390 g/mol. The molecule has 26 heavy (non-hydrogen) atoms. The quantitative estimate of drug-likeness (QED) is 0.685. The first-order chi connectivity index (χ1) is 12.6. The van der Waals surface area contributed by atoms with Crippen molar-refractivity contribution in [3.63, 3.8) is 0 Å². The number of nitrogens with one attached hydrogen (secondary N) is 3. The van der Waals surface area contributed by atoms with Crippen molar-refractivity contribution < 1.29 is 9.64 Å². The summed E-state index contributed by atoms with van der Waals surface area (Å²) in [4.78, 5) is 1.54. The Bertz CT molecular complexity index is 741. The smallest absolute Gasteiger partial charge is 0.170 e. The Morgan fingerprint density at radius 1 is 1.23 bits per heavy atom. The number of ether oxygens (including phenoxy) is 1. The number of hydrogen-bond acceptors (Lipinski definition) is 2. The van der Waals surface area contributed by atoms with E-state index in [9.17, 15) is 0 Å². The summed E-state index contributed by atoms with van der Waals surface area (Å²) in [5.74, 6) is 0. The van der Waals surface area contributed by atoms with Crippen LogP contribution in [0.15, 0.2) is 48.5 Å². The molecular formula is C20H25ClN3OS+. The summed E-state index contributed by atoms with van der Waals surface area (Å²) in [7, 11) is 0. The maximum atomic E-state index is 6.15. The van der Waals surface area contributed by atoms with Crippen LogP contribution < -0.4 is 15.5 Å². The summed E-state index contributed by atoms with van der Waals surface area (Å²) in [6.45, 7) is 6.50. The highest BCUT2D eigenvalue weighted by atomic mass is 35.5. The number of hydrogen-bond donors (Lipinski definition) is 3. The molecule has 0 radical (unpaired) electrons. The number of anilines is 1. The van der Waals surface area contributed by atoms with E-state index in [4.69, 9.17) is 28.6 Å². The van der Waals surface area contributed by atoms with E-state index in [1.54, 1.807) is 4.90 Å². The molecule has 3 rings (SSSR count). The Labute approximate surface area is 165 Å². The molecule has 1 aliphatic heterocycles. The summed E-state index contributed by atoms with van der Waals surface area (Å²) in [6.07, 6.45) is 0.155. The van der Waals surface area contributed by atoms with Gasteiger partial charge in [-0.1, -0.05) is 48.0 Å². The minimum absolute atomic E-state index is 0.155. The fourth-order valence-corrected chi connectivity index (χ4v) is 3.51. The zero-order chi connectivity index (χ0) is 18.4. The molecular weight excluding hydrogens is 366 g/mol. The second kappa shape index (κ2) is 9.33. The van der Waals surface area contributed by atoms with Gasteiger partial charge in [0.15, 0.2) is 5.11 Å². The second-order valence-corrected chi connectivity index (χ2v) is 7.42. The Balaban J connectivity index is 1.46. The zero-order valence-corrected chi connectivity index (χ0v) is 16.5. The van der Waals surface area contributed by atoms with Gasteiger partial charge < -0.3 is 20.3 Å². The van der Waals surface area contributed by atoms with Gasteiger partial charge in [-0.3, -0.25) is 0 Å². The van der Waals surface area contributed by atoms with Crippen LogP contribution in [0.3, 0.4) is 0 Å². The van der Waals surface area contributed by atoms with Gasteiger partial charge in [-0.05, 0) is 36.8 Å². The van der Waals surface area contributed by atoms with Gasteiger partial charge in [0, 0.05) is 22.8 Å². The minimum atomic E-state index is 0.155. The normalized spacial score (nSPS) is 19.8. The molecule has 3 N–H and O–H groups in total. The highest BCUT2D eigenvalue weighted by molar-refractivity contribution is 7.80. The number of quaternary nitrogens is 1. The first-order valence-electron chi connectivity index (χ1n) is 8.91. The first-order valence-corrected chi connectivity index (χ1v) is 9.69. The Morgan fingerprint density at radius 3 is 2.85 bits per heavy atom. The van der Waals surface area contributed by atoms with Crippen molar-refractivity contribution in [2.75, 3.05) is 31.6 Å². The number of morpholine rings is 1. The van der Waals surface area contributed by atoms with E-state index in [-0.39, 0.29) is 6.10 Å². The molecule has 6 heteroatoms. The van der Waals surface area contributed by atoms with Crippen molar-refractivity contribution in [3.05, 3.63) is 64.7 Å². The van der Waals surface area contributed by atoms with Crippen LogP contribution in [0, 0.1) is 6.92 Å². The molecule has 0 spiro atoms. The molecule has 0 aromatic heterocycles. The molecule has 1 fully saturated rings. The van der Waals surface area contributed by atoms with Crippen LogP contribution in [-0.2, 0) is 11.3 Å². The predicted octanol–water partition coefficient (Wildman–Crippen LogP) is 2.42. The molecule has 2 atom stereocenters. The maximum absolute atomic E-state index is 6.15. The van der Waals surface area contributed by atoms with Crippen molar-refractivity contribution in [1.82, 2.24) is 5.32 Å². The van der Waals surface area contributed by atoms with Gasteiger partial charge in [0.2, 0.25) is 0 Å². The molecule has 1 aliphatic rings. The van der Waals surface area contributed by atoms with E-state index in [1.807, 2.05) is 25.1 Å². The molecule has 1 saturated heterocycles. The van der Waals surface area contributed by atoms with Gasteiger partial charge in [-0.2, -0.15) is 0 Å². The van der Waals surface area contributed by atoms with Crippen molar-refractivity contribution in [2.45, 2.75) is 19.6 Å². The van der Waals surface area contributed by atoms with E-state index < -0.39 is 0 Å². The molecule has 0 saturated carbocycles. The Hall–Kier alpha value is -1.66. The lowest BCUT2D eigenvalue weighted by Gasteiger charge is -2.30. The molecule has 0 aliphatic carbocycles. The summed E-state index contributed by atoms with van der Waals surface area (Å²) < 4.78 is 5.90. The SMILES string of the molecule is Cc1c(Cl)cccc1NC(=S)NC[C@@H]1C[NH+](Cc2ccccc2)CCO1. The van der Waals surface area contributed by atoms with E-state index in [0.717, 1.165) is 42.5 Å². The van der Waals surface area contributed by atoms with Crippen molar-refractivity contribution in [2.24, 2.45) is 0 Å².